The number of amides is 2. The van der Waals surface area contributed by atoms with Gasteiger partial charge < -0.3 is 19.4 Å². The van der Waals surface area contributed by atoms with E-state index in [1.807, 2.05) is 24.3 Å². The summed E-state index contributed by atoms with van der Waals surface area (Å²) in [5.41, 5.74) is 2.39. The van der Waals surface area contributed by atoms with Gasteiger partial charge in [0.15, 0.2) is 0 Å². The summed E-state index contributed by atoms with van der Waals surface area (Å²) in [6.07, 6.45) is -4.62. The quantitative estimate of drug-likeness (QED) is 0.270. The molecular weight excluding hydrogens is 607 g/mol. The molecule has 236 valence electrons. The molecule has 7 nitrogen and oxygen atoms in total. The van der Waals surface area contributed by atoms with Crippen molar-refractivity contribution in [2.24, 2.45) is 0 Å². The van der Waals surface area contributed by atoms with Gasteiger partial charge >= 0.3 is 12.1 Å². The van der Waals surface area contributed by atoms with E-state index in [0.29, 0.717) is 53.6 Å². The number of alkyl halides is 3. The van der Waals surface area contributed by atoms with Crippen LogP contribution in [0.4, 0.5) is 18.9 Å². The van der Waals surface area contributed by atoms with E-state index in [1.54, 1.807) is 43.0 Å². The van der Waals surface area contributed by atoms with Crippen LogP contribution < -0.4 is 4.90 Å². The highest BCUT2D eigenvalue weighted by Crippen LogP contribution is 2.39. The summed E-state index contributed by atoms with van der Waals surface area (Å²) in [6.45, 7) is 5.90. The predicted octanol–water partition coefficient (Wildman–Crippen LogP) is 6.67. The highest BCUT2D eigenvalue weighted by Gasteiger charge is 2.38. The molecule has 0 N–H and O–H groups in total. The fourth-order valence-corrected chi connectivity index (χ4v) is 6.06. The van der Waals surface area contributed by atoms with Gasteiger partial charge in [-0.15, -0.1) is 0 Å². The molecule has 0 radical (unpaired) electrons. The average Bonchev–Trinajstić information content (AvgIpc) is 3.02. The van der Waals surface area contributed by atoms with Gasteiger partial charge in [0.1, 0.15) is 0 Å². The molecule has 2 heterocycles. The Morgan fingerprint density at radius 1 is 0.956 bits per heavy atom. The first-order valence-electron chi connectivity index (χ1n) is 14.7. The first-order valence-corrected chi connectivity index (χ1v) is 15.1. The Kier molecular flexibility index (Phi) is 9.53. The second-order valence-electron chi connectivity index (χ2n) is 11.0. The predicted molar refractivity (Wildman–Crippen MR) is 165 cm³/mol. The van der Waals surface area contributed by atoms with Gasteiger partial charge in [0, 0.05) is 60.5 Å². The highest BCUT2D eigenvalue weighted by atomic mass is 35.5. The lowest BCUT2D eigenvalue weighted by molar-refractivity contribution is -0.140. The number of piperazine rings is 1. The first-order chi connectivity index (χ1) is 21.5. The molecule has 1 unspecified atom stereocenters. The maximum atomic E-state index is 13.5. The van der Waals surface area contributed by atoms with E-state index < -0.39 is 23.6 Å². The number of nitrogens with zero attached hydrogens (tertiary/aromatic N) is 3. The van der Waals surface area contributed by atoms with Gasteiger partial charge in [0.2, 0.25) is 5.91 Å². The highest BCUT2D eigenvalue weighted by molar-refractivity contribution is 6.30. The normalized spacial score (nSPS) is 17.5. The second-order valence-corrected chi connectivity index (χ2v) is 11.5. The number of benzene rings is 3. The minimum Gasteiger partial charge on any atom is -0.463 e. The smallest absolute Gasteiger partial charge is 0.416 e. The van der Waals surface area contributed by atoms with Crippen molar-refractivity contribution in [2.45, 2.75) is 38.9 Å². The Morgan fingerprint density at radius 3 is 2.29 bits per heavy atom. The van der Waals surface area contributed by atoms with Crippen molar-refractivity contribution in [2.75, 3.05) is 37.7 Å². The number of esters is 1. The van der Waals surface area contributed by atoms with E-state index in [0.717, 1.165) is 17.8 Å². The summed E-state index contributed by atoms with van der Waals surface area (Å²) in [4.78, 5) is 45.5. The average molecular weight is 640 g/mol. The van der Waals surface area contributed by atoms with Gasteiger partial charge in [0.25, 0.3) is 5.91 Å². The van der Waals surface area contributed by atoms with Crippen LogP contribution in [0.2, 0.25) is 5.02 Å². The maximum Gasteiger partial charge on any atom is 0.416 e. The molecular formula is C34H33ClF3N3O4. The fraction of sp³-hybridized carbons (Fsp3) is 0.324. The standard InChI is InChI=1S/C34H33ClF3N3O4/c1-3-45-33(44)31-22(2)41(30(42)20-29(31)24-10-12-26(13-11-24)34(36,37)38)21-23-6-4-7-25(18-23)32(43)40-16-14-39(15-17-40)28-9-5-8-27(35)19-28/h4-13,18-19,29H,3,14-17,20-21H2,1-2H3. The zero-order chi connectivity index (χ0) is 32.3. The third kappa shape index (κ3) is 7.17. The summed E-state index contributed by atoms with van der Waals surface area (Å²) >= 11 is 6.14. The van der Waals surface area contributed by atoms with Crippen LogP contribution in [0.15, 0.2) is 84.1 Å². The monoisotopic (exact) mass is 639 g/mol. The van der Waals surface area contributed by atoms with Crippen LogP contribution in [-0.2, 0) is 27.0 Å². The molecule has 0 spiro atoms. The van der Waals surface area contributed by atoms with E-state index in [-0.39, 0.29) is 37.0 Å². The van der Waals surface area contributed by atoms with Crippen LogP contribution in [0, 0.1) is 0 Å². The van der Waals surface area contributed by atoms with E-state index in [1.165, 1.54) is 17.0 Å². The van der Waals surface area contributed by atoms with Crippen molar-refractivity contribution in [1.29, 1.82) is 0 Å². The van der Waals surface area contributed by atoms with Crippen LogP contribution in [0.5, 0.6) is 0 Å². The van der Waals surface area contributed by atoms with Crippen molar-refractivity contribution < 1.29 is 32.3 Å². The Hall–Kier alpha value is -4.31. The van der Waals surface area contributed by atoms with E-state index in [4.69, 9.17) is 16.3 Å². The fourth-order valence-electron chi connectivity index (χ4n) is 5.87. The molecule has 2 aliphatic rings. The molecule has 0 aliphatic carbocycles. The molecule has 3 aromatic rings. The summed E-state index contributed by atoms with van der Waals surface area (Å²) in [5, 5.41) is 0.657. The third-order valence-corrected chi connectivity index (χ3v) is 8.45. The molecule has 2 aliphatic heterocycles. The van der Waals surface area contributed by atoms with Crippen molar-refractivity contribution in [3.05, 3.63) is 111 Å². The van der Waals surface area contributed by atoms with Crippen LogP contribution >= 0.6 is 11.6 Å². The minimum absolute atomic E-state index is 0.0980. The Morgan fingerprint density at radius 2 is 1.64 bits per heavy atom. The zero-order valence-corrected chi connectivity index (χ0v) is 25.7. The Bertz CT molecular complexity index is 1620. The number of hydrogen-bond donors (Lipinski definition) is 0. The summed E-state index contributed by atoms with van der Waals surface area (Å²) in [5.74, 6) is -1.79. The number of rotatable bonds is 7. The lowest BCUT2D eigenvalue weighted by Gasteiger charge is -2.36. The molecule has 1 fully saturated rings. The van der Waals surface area contributed by atoms with Gasteiger partial charge in [-0.2, -0.15) is 13.2 Å². The van der Waals surface area contributed by atoms with Crippen LogP contribution in [-0.4, -0.2) is 60.4 Å². The lowest BCUT2D eigenvalue weighted by atomic mass is 9.83. The van der Waals surface area contributed by atoms with Gasteiger partial charge in [-0.05, 0) is 67.4 Å². The Labute approximate surface area is 264 Å². The van der Waals surface area contributed by atoms with Crippen molar-refractivity contribution in [3.8, 4) is 0 Å². The maximum absolute atomic E-state index is 13.5. The Balaban J connectivity index is 1.34. The van der Waals surface area contributed by atoms with E-state index >= 15 is 0 Å². The van der Waals surface area contributed by atoms with E-state index in [2.05, 4.69) is 4.90 Å². The van der Waals surface area contributed by atoms with Gasteiger partial charge in [-0.3, -0.25) is 9.59 Å². The lowest BCUT2D eigenvalue weighted by Crippen LogP contribution is -2.48. The van der Waals surface area contributed by atoms with Gasteiger partial charge in [-0.25, -0.2) is 4.79 Å². The summed E-state index contributed by atoms with van der Waals surface area (Å²) in [7, 11) is 0. The molecule has 0 aromatic heterocycles. The zero-order valence-electron chi connectivity index (χ0n) is 24.9. The molecule has 3 aromatic carbocycles. The SMILES string of the molecule is CCOC(=O)C1=C(C)N(Cc2cccc(C(=O)N3CCN(c4cccc(Cl)c4)CC3)c2)C(=O)CC1c1ccc(C(F)(F)F)cc1. The number of carbonyl (C=O) groups is 3. The van der Waals surface area contributed by atoms with Crippen LogP contribution in [0.25, 0.3) is 0 Å². The van der Waals surface area contributed by atoms with Crippen LogP contribution in [0.3, 0.4) is 0 Å². The number of ether oxygens (including phenoxy) is 1. The van der Waals surface area contributed by atoms with Crippen molar-refractivity contribution in [3.63, 3.8) is 0 Å². The molecule has 1 atom stereocenters. The number of halogens is 4. The number of carbonyl (C=O) groups excluding carboxylic acids is 3. The van der Waals surface area contributed by atoms with Gasteiger partial charge in [-0.1, -0.05) is 41.9 Å². The molecule has 2 amide bonds. The van der Waals surface area contributed by atoms with E-state index in [9.17, 15) is 27.6 Å². The van der Waals surface area contributed by atoms with Crippen molar-refractivity contribution >= 4 is 35.1 Å². The molecule has 11 heteroatoms. The minimum atomic E-state index is -4.51. The van der Waals surface area contributed by atoms with Crippen molar-refractivity contribution in [1.82, 2.24) is 9.80 Å². The largest absolute Gasteiger partial charge is 0.463 e. The van der Waals surface area contributed by atoms with Gasteiger partial charge in [0.05, 0.1) is 24.3 Å². The third-order valence-electron chi connectivity index (χ3n) is 8.21. The molecule has 0 saturated carbocycles. The number of hydrogen-bond acceptors (Lipinski definition) is 5. The molecule has 0 bridgehead atoms. The summed E-state index contributed by atoms with van der Waals surface area (Å²) in [6, 6.07) is 19.2. The number of allylic oxidation sites excluding steroid dienone is 1. The number of anilines is 1. The molecule has 1 saturated heterocycles. The topological polar surface area (TPSA) is 70.2 Å². The second kappa shape index (κ2) is 13.4. The molecule has 45 heavy (non-hydrogen) atoms. The molecule has 5 rings (SSSR count). The first kappa shape index (κ1) is 32.1. The van der Waals surface area contributed by atoms with Crippen LogP contribution in [0.1, 0.15) is 53.2 Å². The summed E-state index contributed by atoms with van der Waals surface area (Å²) < 4.78 is 44.8.